The summed E-state index contributed by atoms with van der Waals surface area (Å²) in [4.78, 5) is 0. The van der Waals surface area contributed by atoms with Crippen molar-refractivity contribution in [2.75, 3.05) is 7.05 Å². The minimum Gasteiger partial charge on any atom is -0.313 e. The number of benzene rings is 1. The van der Waals surface area contributed by atoms with Gasteiger partial charge in [0.1, 0.15) is 5.82 Å². The van der Waals surface area contributed by atoms with Crippen LogP contribution in [0.4, 0.5) is 4.39 Å². The molecule has 0 amide bonds. The molecule has 0 spiro atoms. The van der Waals surface area contributed by atoms with Gasteiger partial charge in [0.05, 0.1) is 0 Å². The Kier molecular flexibility index (Phi) is 4.76. The van der Waals surface area contributed by atoms with E-state index in [1.165, 1.54) is 37.7 Å². The van der Waals surface area contributed by atoms with Crippen LogP contribution in [0.5, 0.6) is 0 Å². The second-order valence-corrected chi connectivity index (χ2v) is 5.52. The highest BCUT2D eigenvalue weighted by molar-refractivity contribution is 5.20. The maximum atomic E-state index is 13.0. The average molecular weight is 249 g/mol. The Balaban J connectivity index is 2.10. The lowest BCUT2D eigenvalue weighted by Crippen LogP contribution is -2.29. The monoisotopic (exact) mass is 249 g/mol. The van der Waals surface area contributed by atoms with E-state index in [1.54, 1.807) is 12.1 Å². The third kappa shape index (κ3) is 3.11. The highest BCUT2D eigenvalue weighted by Crippen LogP contribution is 2.38. The van der Waals surface area contributed by atoms with Crippen molar-refractivity contribution in [3.05, 3.63) is 35.6 Å². The summed E-state index contributed by atoms with van der Waals surface area (Å²) in [5.41, 5.74) is 1.22. The van der Waals surface area contributed by atoms with Gasteiger partial charge in [-0.25, -0.2) is 4.39 Å². The Morgan fingerprint density at radius 2 is 2.00 bits per heavy atom. The lowest BCUT2D eigenvalue weighted by atomic mass is 9.75. The van der Waals surface area contributed by atoms with Crippen molar-refractivity contribution in [3.63, 3.8) is 0 Å². The fourth-order valence-corrected chi connectivity index (χ4v) is 3.35. The first-order valence-corrected chi connectivity index (χ1v) is 7.17. The zero-order valence-corrected chi connectivity index (χ0v) is 11.5. The van der Waals surface area contributed by atoms with Gasteiger partial charge >= 0.3 is 0 Å². The molecule has 0 aliphatic heterocycles. The molecule has 1 aromatic carbocycles. The number of hydrogen-bond donors (Lipinski definition) is 1. The molecule has 1 aliphatic rings. The lowest BCUT2D eigenvalue weighted by Gasteiger charge is -2.34. The van der Waals surface area contributed by atoms with E-state index in [1.807, 2.05) is 19.2 Å². The van der Waals surface area contributed by atoms with Crippen LogP contribution in [0.1, 0.15) is 50.6 Å². The predicted octanol–water partition coefficient (Wildman–Crippen LogP) is 4.30. The molecule has 100 valence electrons. The molecule has 0 saturated heterocycles. The van der Waals surface area contributed by atoms with E-state index in [2.05, 4.69) is 12.2 Å². The summed E-state index contributed by atoms with van der Waals surface area (Å²) >= 11 is 0. The van der Waals surface area contributed by atoms with Crippen molar-refractivity contribution >= 4 is 0 Å². The summed E-state index contributed by atoms with van der Waals surface area (Å²) in [6, 6.07) is 7.36. The molecule has 1 saturated carbocycles. The van der Waals surface area contributed by atoms with Gasteiger partial charge in [0.25, 0.3) is 0 Å². The third-order valence-electron chi connectivity index (χ3n) is 4.41. The Morgan fingerprint density at radius 1 is 1.28 bits per heavy atom. The van der Waals surface area contributed by atoms with Crippen molar-refractivity contribution in [1.29, 1.82) is 0 Å². The Bertz CT molecular complexity index is 360. The molecule has 3 atom stereocenters. The Hall–Kier alpha value is -0.890. The first-order valence-electron chi connectivity index (χ1n) is 7.17. The minimum atomic E-state index is -0.149. The molecule has 0 bridgehead atoms. The zero-order chi connectivity index (χ0) is 13.0. The standard InChI is InChI=1S/C16H24FN/c1-3-12-5-4-6-14(11-12)16(18-2)13-7-9-15(17)10-8-13/h7-10,12,14,16,18H,3-6,11H2,1-2H3. The number of nitrogens with one attached hydrogen (secondary N) is 1. The topological polar surface area (TPSA) is 12.0 Å². The van der Waals surface area contributed by atoms with Crippen LogP contribution in [0, 0.1) is 17.7 Å². The van der Waals surface area contributed by atoms with Gasteiger partial charge in [-0.1, -0.05) is 38.3 Å². The second-order valence-electron chi connectivity index (χ2n) is 5.52. The molecule has 1 nitrogen and oxygen atoms in total. The van der Waals surface area contributed by atoms with E-state index < -0.39 is 0 Å². The molecule has 2 heteroatoms. The van der Waals surface area contributed by atoms with E-state index in [0.717, 1.165) is 5.92 Å². The third-order valence-corrected chi connectivity index (χ3v) is 4.41. The predicted molar refractivity (Wildman–Crippen MR) is 73.9 cm³/mol. The highest BCUT2D eigenvalue weighted by Gasteiger charge is 2.27. The fraction of sp³-hybridized carbons (Fsp3) is 0.625. The summed E-state index contributed by atoms with van der Waals surface area (Å²) in [7, 11) is 2.02. The molecule has 0 aromatic heterocycles. The number of hydrogen-bond acceptors (Lipinski definition) is 1. The molecule has 0 radical (unpaired) electrons. The van der Waals surface area contributed by atoms with Crippen LogP contribution in [0.3, 0.4) is 0 Å². The lowest BCUT2D eigenvalue weighted by molar-refractivity contribution is 0.214. The van der Waals surface area contributed by atoms with Gasteiger partial charge in [-0.05, 0) is 49.4 Å². The van der Waals surface area contributed by atoms with Gasteiger partial charge < -0.3 is 5.32 Å². The summed E-state index contributed by atoms with van der Waals surface area (Å²) in [6.45, 7) is 2.29. The molecule has 1 fully saturated rings. The van der Waals surface area contributed by atoms with Crippen LogP contribution in [-0.2, 0) is 0 Å². The normalized spacial score (nSPS) is 25.9. The van der Waals surface area contributed by atoms with Crippen LogP contribution >= 0.6 is 0 Å². The van der Waals surface area contributed by atoms with Crippen molar-refractivity contribution < 1.29 is 4.39 Å². The molecular weight excluding hydrogens is 225 g/mol. The van der Waals surface area contributed by atoms with E-state index in [9.17, 15) is 4.39 Å². The summed E-state index contributed by atoms with van der Waals surface area (Å²) in [6.07, 6.45) is 6.60. The van der Waals surface area contributed by atoms with Gasteiger partial charge in [0.2, 0.25) is 0 Å². The van der Waals surface area contributed by atoms with Gasteiger partial charge in [-0.3, -0.25) is 0 Å². The van der Waals surface area contributed by atoms with E-state index >= 15 is 0 Å². The van der Waals surface area contributed by atoms with Crippen LogP contribution < -0.4 is 5.32 Å². The molecule has 3 unspecified atom stereocenters. The van der Waals surface area contributed by atoms with E-state index in [-0.39, 0.29) is 5.82 Å². The van der Waals surface area contributed by atoms with Crippen LogP contribution in [0.25, 0.3) is 0 Å². The smallest absolute Gasteiger partial charge is 0.123 e. The van der Waals surface area contributed by atoms with Crippen LogP contribution in [0.2, 0.25) is 0 Å². The van der Waals surface area contributed by atoms with Crippen molar-refractivity contribution in [2.24, 2.45) is 11.8 Å². The van der Waals surface area contributed by atoms with E-state index in [0.29, 0.717) is 12.0 Å². The largest absolute Gasteiger partial charge is 0.313 e. The quantitative estimate of drug-likeness (QED) is 0.838. The first kappa shape index (κ1) is 13.5. The van der Waals surface area contributed by atoms with Gasteiger partial charge in [0, 0.05) is 6.04 Å². The Morgan fingerprint density at radius 3 is 2.61 bits per heavy atom. The Labute approximate surface area is 110 Å². The number of rotatable bonds is 4. The molecule has 18 heavy (non-hydrogen) atoms. The maximum absolute atomic E-state index is 13.0. The zero-order valence-electron chi connectivity index (χ0n) is 11.5. The summed E-state index contributed by atoms with van der Waals surface area (Å²) in [5, 5.41) is 3.43. The van der Waals surface area contributed by atoms with Gasteiger partial charge in [0.15, 0.2) is 0 Å². The maximum Gasteiger partial charge on any atom is 0.123 e. The molecule has 1 N–H and O–H groups in total. The van der Waals surface area contributed by atoms with Crippen LogP contribution in [0.15, 0.2) is 24.3 Å². The first-order chi connectivity index (χ1) is 8.74. The van der Waals surface area contributed by atoms with Crippen LogP contribution in [-0.4, -0.2) is 7.05 Å². The highest BCUT2D eigenvalue weighted by atomic mass is 19.1. The van der Waals surface area contributed by atoms with E-state index in [4.69, 9.17) is 0 Å². The van der Waals surface area contributed by atoms with Crippen molar-refractivity contribution in [3.8, 4) is 0 Å². The minimum absolute atomic E-state index is 0.149. The second kappa shape index (κ2) is 6.33. The van der Waals surface area contributed by atoms with Crippen molar-refractivity contribution in [1.82, 2.24) is 5.32 Å². The number of halogens is 1. The fourth-order valence-electron chi connectivity index (χ4n) is 3.35. The van der Waals surface area contributed by atoms with Gasteiger partial charge in [-0.15, -0.1) is 0 Å². The van der Waals surface area contributed by atoms with Gasteiger partial charge in [-0.2, -0.15) is 0 Å². The van der Waals surface area contributed by atoms with Crippen molar-refractivity contribution in [2.45, 2.75) is 45.1 Å². The SMILES string of the molecule is CCC1CCCC(C(NC)c2ccc(F)cc2)C1. The summed E-state index contributed by atoms with van der Waals surface area (Å²) < 4.78 is 13.0. The molecule has 1 aromatic rings. The average Bonchev–Trinajstić information content (AvgIpc) is 2.42. The molecule has 1 aliphatic carbocycles. The summed E-state index contributed by atoms with van der Waals surface area (Å²) in [5.74, 6) is 1.42. The molecule has 2 rings (SSSR count). The molecule has 0 heterocycles. The molecular formula is C16H24FN.